The number of anilines is 1. The molecule has 104 valence electrons. The van der Waals surface area contributed by atoms with Gasteiger partial charge in [0.2, 0.25) is 0 Å². The van der Waals surface area contributed by atoms with Crippen LogP contribution < -0.4 is 10.1 Å². The standard InChI is InChI=1S/C14H13ClN2O3/c1-20-14-6-5-11(15)7-10(14)9-16-12-3-2-4-13(8-12)17(18)19/h2-8,16H,9H2,1H3. The van der Waals surface area contributed by atoms with Gasteiger partial charge in [0.05, 0.1) is 12.0 Å². The van der Waals surface area contributed by atoms with E-state index in [4.69, 9.17) is 16.3 Å². The number of halogens is 1. The molecule has 2 rings (SSSR count). The number of non-ortho nitro benzene ring substituents is 1. The topological polar surface area (TPSA) is 64.4 Å². The Morgan fingerprint density at radius 1 is 1.30 bits per heavy atom. The van der Waals surface area contributed by atoms with E-state index in [9.17, 15) is 10.1 Å². The Labute approximate surface area is 121 Å². The molecule has 0 heterocycles. The Bertz CT molecular complexity index is 632. The Balaban J connectivity index is 2.14. The van der Waals surface area contributed by atoms with E-state index in [2.05, 4.69) is 5.32 Å². The smallest absolute Gasteiger partial charge is 0.271 e. The van der Waals surface area contributed by atoms with Crippen LogP contribution in [0.3, 0.4) is 0 Å². The normalized spacial score (nSPS) is 10.1. The maximum atomic E-state index is 10.7. The van der Waals surface area contributed by atoms with Crippen molar-refractivity contribution in [3.63, 3.8) is 0 Å². The Morgan fingerprint density at radius 2 is 2.10 bits per heavy atom. The van der Waals surface area contributed by atoms with E-state index < -0.39 is 4.92 Å². The summed E-state index contributed by atoms with van der Waals surface area (Å²) in [6, 6.07) is 11.7. The van der Waals surface area contributed by atoms with Gasteiger partial charge in [-0.25, -0.2) is 0 Å². The summed E-state index contributed by atoms with van der Waals surface area (Å²) >= 11 is 5.95. The van der Waals surface area contributed by atoms with Crippen LogP contribution in [0.4, 0.5) is 11.4 Å². The number of rotatable bonds is 5. The van der Waals surface area contributed by atoms with Crippen LogP contribution in [0.2, 0.25) is 5.02 Å². The first kappa shape index (κ1) is 14.1. The first-order chi connectivity index (χ1) is 9.60. The van der Waals surface area contributed by atoms with Crippen LogP contribution in [-0.4, -0.2) is 12.0 Å². The number of benzene rings is 2. The zero-order valence-electron chi connectivity index (χ0n) is 10.8. The lowest BCUT2D eigenvalue weighted by molar-refractivity contribution is -0.384. The summed E-state index contributed by atoms with van der Waals surface area (Å²) < 4.78 is 5.24. The van der Waals surface area contributed by atoms with Crippen LogP contribution in [0.5, 0.6) is 5.75 Å². The maximum absolute atomic E-state index is 10.7. The number of ether oxygens (including phenoxy) is 1. The molecule has 0 bridgehead atoms. The molecule has 0 aromatic heterocycles. The van der Waals surface area contributed by atoms with Crippen LogP contribution in [0.15, 0.2) is 42.5 Å². The average Bonchev–Trinajstić information content (AvgIpc) is 2.45. The molecule has 20 heavy (non-hydrogen) atoms. The molecule has 0 aliphatic carbocycles. The van der Waals surface area contributed by atoms with Crippen molar-refractivity contribution in [2.45, 2.75) is 6.54 Å². The summed E-state index contributed by atoms with van der Waals surface area (Å²) in [6.07, 6.45) is 0. The fourth-order valence-electron chi connectivity index (χ4n) is 1.81. The van der Waals surface area contributed by atoms with Crippen molar-refractivity contribution in [2.24, 2.45) is 0 Å². The van der Waals surface area contributed by atoms with Gasteiger partial charge in [-0.05, 0) is 24.3 Å². The van der Waals surface area contributed by atoms with Gasteiger partial charge in [-0.15, -0.1) is 0 Å². The van der Waals surface area contributed by atoms with Gasteiger partial charge in [0.15, 0.2) is 0 Å². The number of hydrogen-bond acceptors (Lipinski definition) is 4. The molecule has 0 saturated heterocycles. The van der Waals surface area contributed by atoms with E-state index in [0.29, 0.717) is 23.0 Å². The minimum atomic E-state index is -0.425. The molecule has 0 spiro atoms. The molecule has 2 aromatic rings. The van der Waals surface area contributed by atoms with E-state index in [1.54, 1.807) is 37.4 Å². The number of nitrogens with one attached hydrogen (secondary N) is 1. The highest BCUT2D eigenvalue weighted by atomic mass is 35.5. The van der Waals surface area contributed by atoms with Crippen molar-refractivity contribution in [3.8, 4) is 5.75 Å². The van der Waals surface area contributed by atoms with Crippen molar-refractivity contribution in [1.29, 1.82) is 0 Å². The van der Waals surface area contributed by atoms with Gasteiger partial charge < -0.3 is 10.1 Å². The molecule has 0 aliphatic rings. The van der Waals surface area contributed by atoms with Gasteiger partial charge >= 0.3 is 0 Å². The van der Waals surface area contributed by atoms with Gasteiger partial charge in [-0.2, -0.15) is 0 Å². The Kier molecular flexibility index (Phi) is 4.42. The summed E-state index contributed by atoms with van der Waals surface area (Å²) in [4.78, 5) is 10.3. The largest absolute Gasteiger partial charge is 0.496 e. The summed E-state index contributed by atoms with van der Waals surface area (Å²) in [6.45, 7) is 0.463. The molecule has 0 saturated carbocycles. The number of nitrogens with zero attached hydrogens (tertiary/aromatic N) is 1. The monoisotopic (exact) mass is 292 g/mol. The summed E-state index contributed by atoms with van der Waals surface area (Å²) in [7, 11) is 1.58. The molecule has 0 unspecified atom stereocenters. The fraction of sp³-hybridized carbons (Fsp3) is 0.143. The molecular weight excluding hydrogens is 280 g/mol. The Morgan fingerprint density at radius 3 is 2.80 bits per heavy atom. The van der Waals surface area contributed by atoms with Crippen LogP contribution >= 0.6 is 11.6 Å². The molecule has 0 atom stereocenters. The first-order valence-electron chi connectivity index (χ1n) is 5.91. The molecule has 0 aliphatic heterocycles. The molecule has 0 fully saturated rings. The lowest BCUT2D eigenvalue weighted by Gasteiger charge is -2.11. The minimum Gasteiger partial charge on any atom is -0.496 e. The van der Waals surface area contributed by atoms with E-state index >= 15 is 0 Å². The molecule has 2 aromatic carbocycles. The third-order valence-electron chi connectivity index (χ3n) is 2.78. The van der Waals surface area contributed by atoms with E-state index in [0.717, 1.165) is 5.56 Å². The predicted molar refractivity (Wildman–Crippen MR) is 78.4 cm³/mol. The van der Waals surface area contributed by atoms with Crippen LogP contribution in [0, 0.1) is 10.1 Å². The summed E-state index contributed by atoms with van der Waals surface area (Å²) in [5.74, 6) is 0.715. The van der Waals surface area contributed by atoms with Crippen LogP contribution in [0.1, 0.15) is 5.56 Å². The third-order valence-corrected chi connectivity index (χ3v) is 3.02. The molecule has 6 heteroatoms. The lowest BCUT2D eigenvalue weighted by Crippen LogP contribution is -2.02. The van der Waals surface area contributed by atoms with E-state index in [1.165, 1.54) is 12.1 Å². The molecule has 0 radical (unpaired) electrons. The van der Waals surface area contributed by atoms with Crippen molar-refractivity contribution >= 4 is 23.0 Å². The van der Waals surface area contributed by atoms with Gasteiger partial charge in [0, 0.05) is 35.0 Å². The number of hydrogen-bond donors (Lipinski definition) is 1. The predicted octanol–water partition coefficient (Wildman–Crippen LogP) is 3.87. The number of nitro groups is 1. The molecule has 5 nitrogen and oxygen atoms in total. The number of nitro benzene ring substituents is 1. The highest BCUT2D eigenvalue weighted by Crippen LogP contribution is 2.24. The second-order valence-corrected chi connectivity index (χ2v) is 4.55. The zero-order valence-corrected chi connectivity index (χ0v) is 11.6. The average molecular weight is 293 g/mol. The third kappa shape index (κ3) is 3.39. The highest BCUT2D eigenvalue weighted by molar-refractivity contribution is 6.30. The molecular formula is C14H13ClN2O3. The maximum Gasteiger partial charge on any atom is 0.271 e. The molecule has 0 amide bonds. The SMILES string of the molecule is COc1ccc(Cl)cc1CNc1cccc([N+](=O)[O-])c1. The molecule has 1 N–H and O–H groups in total. The van der Waals surface area contributed by atoms with Crippen molar-refractivity contribution in [3.05, 3.63) is 63.2 Å². The fourth-order valence-corrected chi connectivity index (χ4v) is 2.01. The first-order valence-corrected chi connectivity index (χ1v) is 6.28. The number of methoxy groups -OCH3 is 1. The van der Waals surface area contributed by atoms with Gasteiger partial charge in [0.1, 0.15) is 5.75 Å². The quantitative estimate of drug-likeness (QED) is 0.671. The highest BCUT2D eigenvalue weighted by Gasteiger charge is 2.07. The van der Waals surface area contributed by atoms with E-state index in [1.807, 2.05) is 0 Å². The van der Waals surface area contributed by atoms with E-state index in [-0.39, 0.29) is 5.69 Å². The van der Waals surface area contributed by atoms with Crippen molar-refractivity contribution < 1.29 is 9.66 Å². The zero-order chi connectivity index (χ0) is 14.5. The van der Waals surface area contributed by atoms with Gasteiger partial charge in [-0.3, -0.25) is 10.1 Å². The van der Waals surface area contributed by atoms with Crippen LogP contribution in [-0.2, 0) is 6.54 Å². The summed E-state index contributed by atoms with van der Waals surface area (Å²) in [5.41, 5.74) is 1.60. The van der Waals surface area contributed by atoms with Gasteiger partial charge in [0.25, 0.3) is 5.69 Å². The van der Waals surface area contributed by atoms with Crippen LogP contribution in [0.25, 0.3) is 0 Å². The summed E-state index contributed by atoms with van der Waals surface area (Å²) in [5, 5.41) is 14.4. The van der Waals surface area contributed by atoms with Crippen molar-refractivity contribution in [2.75, 3.05) is 12.4 Å². The second kappa shape index (κ2) is 6.25. The lowest BCUT2D eigenvalue weighted by atomic mass is 10.2. The van der Waals surface area contributed by atoms with Crippen molar-refractivity contribution in [1.82, 2.24) is 0 Å². The Hall–Kier alpha value is -2.27. The second-order valence-electron chi connectivity index (χ2n) is 4.12. The minimum absolute atomic E-state index is 0.0491. The van der Waals surface area contributed by atoms with Gasteiger partial charge in [-0.1, -0.05) is 17.7 Å².